The summed E-state index contributed by atoms with van der Waals surface area (Å²) in [6.07, 6.45) is 6.38. The number of aromatic nitrogens is 2. The SMILES string of the molecule is CCOC(C)(C)Cn1ccnc1NC1CC1. The minimum Gasteiger partial charge on any atom is -0.374 e. The minimum absolute atomic E-state index is 0.143. The van der Waals surface area contributed by atoms with Gasteiger partial charge >= 0.3 is 0 Å². The molecule has 0 saturated heterocycles. The van der Waals surface area contributed by atoms with Crippen LogP contribution in [0.3, 0.4) is 0 Å². The molecule has 0 amide bonds. The second kappa shape index (κ2) is 4.45. The third-order valence-electron chi connectivity index (χ3n) is 2.71. The third kappa shape index (κ3) is 2.98. The molecule has 1 N–H and O–H groups in total. The van der Waals surface area contributed by atoms with Gasteiger partial charge in [0.2, 0.25) is 5.95 Å². The molecule has 16 heavy (non-hydrogen) atoms. The molecular weight excluding hydrogens is 202 g/mol. The lowest BCUT2D eigenvalue weighted by Crippen LogP contribution is -2.31. The van der Waals surface area contributed by atoms with E-state index in [1.54, 1.807) is 0 Å². The van der Waals surface area contributed by atoms with Crippen molar-refractivity contribution >= 4 is 5.95 Å². The Morgan fingerprint density at radius 1 is 1.56 bits per heavy atom. The summed E-state index contributed by atoms with van der Waals surface area (Å²) in [5, 5.41) is 3.43. The number of hydrogen-bond donors (Lipinski definition) is 1. The molecule has 0 spiro atoms. The number of nitrogens with one attached hydrogen (secondary N) is 1. The predicted octanol–water partition coefficient (Wildman–Crippen LogP) is 2.27. The van der Waals surface area contributed by atoms with E-state index in [4.69, 9.17) is 4.74 Å². The Balaban J connectivity index is 1.99. The molecule has 1 aromatic rings. The Bertz CT molecular complexity index is 342. The van der Waals surface area contributed by atoms with Crippen molar-refractivity contribution in [1.29, 1.82) is 0 Å². The van der Waals surface area contributed by atoms with Crippen molar-refractivity contribution in [2.75, 3.05) is 11.9 Å². The van der Waals surface area contributed by atoms with Gasteiger partial charge in [0.15, 0.2) is 0 Å². The molecule has 0 bridgehead atoms. The minimum atomic E-state index is -0.143. The van der Waals surface area contributed by atoms with Crippen molar-refractivity contribution in [2.24, 2.45) is 0 Å². The Labute approximate surface area is 97.0 Å². The molecule has 4 nitrogen and oxygen atoms in total. The van der Waals surface area contributed by atoms with E-state index in [0.717, 1.165) is 19.1 Å². The van der Waals surface area contributed by atoms with Gasteiger partial charge in [-0.3, -0.25) is 0 Å². The van der Waals surface area contributed by atoms with Gasteiger partial charge in [0.1, 0.15) is 0 Å². The van der Waals surface area contributed by atoms with E-state index in [1.807, 2.05) is 19.3 Å². The van der Waals surface area contributed by atoms with Crippen LogP contribution in [0.5, 0.6) is 0 Å². The lowest BCUT2D eigenvalue weighted by molar-refractivity contribution is -0.0220. The fourth-order valence-electron chi connectivity index (χ4n) is 1.83. The number of hydrogen-bond acceptors (Lipinski definition) is 3. The van der Waals surface area contributed by atoms with Crippen LogP contribution < -0.4 is 5.32 Å². The molecule has 1 aliphatic rings. The van der Waals surface area contributed by atoms with Crippen LogP contribution in [-0.4, -0.2) is 27.8 Å². The molecule has 1 aromatic heterocycles. The smallest absolute Gasteiger partial charge is 0.203 e. The van der Waals surface area contributed by atoms with Crippen LogP contribution in [0, 0.1) is 0 Å². The Morgan fingerprint density at radius 2 is 2.31 bits per heavy atom. The summed E-state index contributed by atoms with van der Waals surface area (Å²) in [5.74, 6) is 0.968. The van der Waals surface area contributed by atoms with E-state index in [9.17, 15) is 0 Å². The topological polar surface area (TPSA) is 39.1 Å². The zero-order valence-corrected chi connectivity index (χ0v) is 10.4. The molecule has 0 atom stereocenters. The van der Waals surface area contributed by atoms with E-state index in [2.05, 4.69) is 28.7 Å². The summed E-state index contributed by atoms with van der Waals surface area (Å²) in [5.41, 5.74) is -0.143. The Hall–Kier alpha value is -1.03. The van der Waals surface area contributed by atoms with Crippen LogP contribution >= 0.6 is 0 Å². The van der Waals surface area contributed by atoms with Gasteiger partial charge in [-0.2, -0.15) is 0 Å². The van der Waals surface area contributed by atoms with Gasteiger partial charge in [-0.25, -0.2) is 4.98 Å². The average Bonchev–Trinajstić information content (AvgIpc) is 2.89. The molecule has 4 heteroatoms. The maximum absolute atomic E-state index is 5.70. The van der Waals surface area contributed by atoms with Gasteiger partial charge < -0.3 is 14.6 Å². The molecule has 0 aliphatic heterocycles. The number of ether oxygens (including phenoxy) is 1. The van der Waals surface area contributed by atoms with Gasteiger partial charge in [0.25, 0.3) is 0 Å². The highest BCUT2D eigenvalue weighted by Gasteiger charge is 2.24. The van der Waals surface area contributed by atoms with Gasteiger partial charge in [-0.15, -0.1) is 0 Å². The normalized spacial score (nSPS) is 16.4. The number of anilines is 1. The van der Waals surface area contributed by atoms with Crippen LogP contribution in [-0.2, 0) is 11.3 Å². The van der Waals surface area contributed by atoms with Crippen molar-refractivity contribution in [3.8, 4) is 0 Å². The molecular formula is C12H21N3O. The van der Waals surface area contributed by atoms with Gasteiger partial charge in [0.05, 0.1) is 12.1 Å². The highest BCUT2D eigenvalue weighted by Crippen LogP contribution is 2.24. The lowest BCUT2D eigenvalue weighted by Gasteiger charge is -2.26. The monoisotopic (exact) mass is 223 g/mol. The Morgan fingerprint density at radius 3 is 2.94 bits per heavy atom. The third-order valence-corrected chi connectivity index (χ3v) is 2.71. The van der Waals surface area contributed by atoms with Crippen molar-refractivity contribution in [2.45, 2.75) is 51.8 Å². The summed E-state index contributed by atoms with van der Waals surface area (Å²) < 4.78 is 7.83. The first-order valence-corrected chi connectivity index (χ1v) is 6.02. The molecule has 90 valence electrons. The second-order valence-electron chi connectivity index (χ2n) is 4.99. The molecule has 1 saturated carbocycles. The summed E-state index contributed by atoms with van der Waals surface area (Å²) in [7, 11) is 0. The first-order valence-electron chi connectivity index (χ1n) is 6.02. The molecule has 1 fully saturated rings. The van der Waals surface area contributed by atoms with Crippen molar-refractivity contribution in [3.05, 3.63) is 12.4 Å². The van der Waals surface area contributed by atoms with Crippen LogP contribution in [0.25, 0.3) is 0 Å². The van der Waals surface area contributed by atoms with Crippen LogP contribution in [0.1, 0.15) is 33.6 Å². The van der Waals surface area contributed by atoms with E-state index >= 15 is 0 Å². The first kappa shape index (κ1) is 11.5. The van der Waals surface area contributed by atoms with E-state index in [1.165, 1.54) is 12.8 Å². The van der Waals surface area contributed by atoms with Crippen LogP contribution in [0.2, 0.25) is 0 Å². The van der Waals surface area contributed by atoms with Crippen molar-refractivity contribution in [1.82, 2.24) is 9.55 Å². The standard InChI is InChI=1S/C12H21N3O/c1-4-16-12(2,3)9-15-8-7-13-11(15)14-10-5-6-10/h7-8,10H,4-6,9H2,1-3H3,(H,13,14). The van der Waals surface area contributed by atoms with E-state index < -0.39 is 0 Å². The van der Waals surface area contributed by atoms with E-state index in [0.29, 0.717) is 6.04 Å². The highest BCUT2D eigenvalue weighted by atomic mass is 16.5. The van der Waals surface area contributed by atoms with E-state index in [-0.39, 0.29) is 5.60 Å². The zero-order valence-electron chi connectivity index (χ0n) is 10.4. The molecule has 2 rings (SSSR count). The van der Waals surface area contributed by atoms with Crippen molar-refractivity contribution in [3.63, 3.8) is 0 Å². The molecule has 0 unspecified atom stereocenters. The quantitative estimate of drug-likeness (QED) is 0.804. The van der Waals surface area contributed by atoms with Gasteiger partial charge in [0, 0.05) is 25.0 Å². The number of imidazole rings is 1. The Kier molecular flexibility index (Phi) is 3.19. The van der Waals surface area contributed by atoms with Crippen LogP contribution in [0.4, 0.5) is 5.95 Å². The summed E-state index contributed by atoms with van der Waals surface area (Å²) in [4.78, 5) is 4.34. The maximum Gasteiger partial charge on any atom is 0.203 e. The van der Waals surface area contributed by atoms with Crippen molar-refractivity contribution < 1.29 is 4.74 Å². The van der Waals surface area contributed by atoms with Gasteiger partial charge in [-0.05, 0) is 33.6 Å². The fourth-order valence-corrected chi connectivity index (χ4v) is 1.83. The van der Waals surface area contributed by atoms with Gasteiger partial charge in [-0.1, -0.05) is 0 Å². The largest absolute Gasteiger partial charge is 0.374 e. The second-order valence-corrected chi connectivity index (χ2v) is 4.99. The number of nitrogens with zero attached hydrogens (tertiary/aromatic N) is 2. The lowest BCUT2D eigenvalue weighted by atomic mass is 10.1. The van der Waals surface area contributed by atoms with Crippen LogP contribution in [0.15, 0.2) is 12.4 Å². The maximum atomic E-state index is 5.70. The summed E-state index contributed by atoms with van der Waals surface area (Å²) in [6, 6.07) is 0.636. The predicted molar refractivity (Wildman–Crippen MR) is 64.6 cm³/mol. The molecule has 0 aromatic carbocycles. The summed E-state index contributed by atoms with van der Waals surface area (Å²) in [6.45, 7) is 7.82. The first-order chi connectivity index (χ1) is 7.61. The average molecular weight is 223 g/mol. The number of rotatable bonds is 6. The zero-order chi connectivity index (χ0) is 11.6. The fraction of sp³-hybridized carbons (Fsp3) is 0.750. The molecule has 1 aliphatic carbocycles. The summed E-state index contributed by atoms with van der Waals surface area (Å²) >= 11 is 0. The molecule has 0 radical (unpaired) electrons. The highest BCUT2D eigenvalue weighted by molar-refractivity contribution is 5.29. The molecule has 1 heterocycles.